The molecule has 138 heavy (non-hydrogen) atoms. The van der Waals surface area contributed by atoms with Crippen LogP contribution >= 0.6 is 34.0 Å². The lowest BCUT2D eigenvalue weighted by Crippen LogP contribution is -2.09. The van der Waals surface area contributed by atoms with Gasteiger partial charge < -0.3 is 4.90 Å². The van der Waals surface area contributed by atoms with Crippen molar-refractivity contribution in [2.45, 2.75) is 0 Å². The van der Waals surface area contributed by atoms with Crippen LogP contribution < -0.4 is 4.90 Å². The highest BCUT2D eigenvalue weighted by Crippen LogP contribution is 2.48. The molecule has 7 nitrogen and oxygen atoms in total. The normalized spacial score (nSPS) is 11.6. The van der Waals surface area contributed by atoms with Crippen LogP contribution in [0.2, 0.25) is 0 Å². The number of rotatable bonds is 12. The molecule has 22 aromatic carbocycles. The van der Waals surface area contributed by atoms with Crippen LogP contribution in [0, 0.1) is 0 Å². The van der Waals surface area contributed by atoms with E-state index in [-0.39, 0.29) is 0 Å². The van der Waals surface area contributed by atoms with E-state index < -0.39 is 0 Å². The largest absolute Gasteiger partial charge is 0.310 e. The maximum Gasteiger partial charge on any atom is 0.0973 e. The third-order valence-electron chi connectivity index (χ3n) is 26.8. The number of para-hydroxylation sites is 8. The smallest absolute Gasteiger partial charge is 0.0973 e. The average molecular weight is 1810 g/mol. The van der Waals surface area contributed by atoms with Crippen molar-refractivity contribution in [1.29, 1.82) is 0 Å². The van der Waals surface area contributed by atoms with Crippen LogP contribution in [0.3, 0.4) is 0 Å². The number of hydrogen-bond donors (Lipinski definition) is 0. The molecule has 0 aliphatic heterocycles. The zero-order valence-electron chi connectivity index (χ0n) is 74.5. The SMILES string of the molecule is c1ccc(N(c2ccccc2)c2cccc(-c3nc4ccccc4nc3-c3ccc(-c4cccc5sc6ccccc6c45)cc3)c2)cc1.c1ccc2c(c1)ccc1cc(-c3nc4ccccc4nc3-c3ccc(-c4cccc5sc6ccccc6c45)cc3)ccc12.c1ccc2nc(-c3ccc4c5ccccc5c5ccccc5c4c3)c(-c3ccc(-c4cccc5sc6ccccc6c45)cc3)nc2c1. The van der Waals surface area contributed by atoms with Gasteiger partial charge in [-0.15, -0.1) is 34.0 Å². The van der Waals surface area contributed by atoms with E-state index in [1.54, 1.807) is 0 Å². The highest BCUT2D eigenvalue weighted by atomic mass is 32.1. The Morgan fingerprint density at radius 2 is 0.406 bits per heavy atom. The first-order valence-electron chi connectivity index (χ1n) is 46.5. The molecule has 0 fully saturated rings. The summed E-state index contributed by atoms with van der Waals surface area (Å²) >= 11 is 5.56. The van der Waals surface area contributed by atoms with Gasteiger partial charge in [0.2, 0.25) is 0 Å². The van der Waals surface area contributed by atoms with Crippen LogP contribution in [0.15, 0.2) is 479 Å². The van der Waals surface area contributed by atoms with Crippen molar-refractivity contribution in [2.75, 3.05) is 4.90 Å². The summed E-state index contributed by atoms with van der Waals surface area (Å²) in [5.74, 6) is 0. The molecule has 0 bridgehead atoms. The van der Waals surface area contributed by atoms with Crippen molar-refractivity contribution in [3.05, 3.63) is 479 Å². The van der Waals surface area contributed by atoms with Gasteiger partial charge in [-0.25, -0.2) is 29.9 Å². The number of fused-ring (bicyclic) bond motifs is 21. The van der Waals surface area contributed by atoms with Gasteiger partial charge in [-0.2, -0.15) is 0 Å². The van der Waals surface area contributed by atoms with E-state index in [2.05, 4.69) is 405 Å². The third kappa shape index (κ3) is 14.7. The van der Waals surface area contributed by atoms with Gasteiger partial charge in [0.05, 0.1) is 67.3 Å². The minimum atomic E-state index is 0.857. The predicted molar refractivity (Wildman–Crippen MR) is 588 cm³/mol. The van der Waals surface area contributed by atoms with E-state index in [0.29, 0.717) is 0 Å². The zero-order chi connectivity index (χ0) is 91.1. The lowest BCUT2D eigenvalue weighted by molar-refractivity contribution is 1.27. The van der Waals surface area contributed by atoms with Crippen molar-refractivity contribution < 1.29 is 0 Å². The number of nitrogens with zero attached hydrogens (tertiary/aromatic N) is 7. The fourth-order valence-electron chi connectivity index (χ4n) is 20.3. The van der Waals surface area contributed by atoms with Gasteiger partial charge in [-0.3, -0.25) is 0 Å². The minimum Gasteiger partial charge on any atom is -0.310 e. The van der Waals surface area contributed by atoms with Gasteiger partial charge in [-0.1, -0.05) is 358 Å². The minimum absolute atomic E-state index is 0.857. The Morgan fingerprint density at radius 3 is 0.804 bits per heavy atom. The van der Waals surface area contributed by atoms with Crippen molar-refractivity contribution in [3.63, 3.8) is 0 Å². The first-order valence-corrected chi connectivity index (χ1v) is 49.0. The fraction of sp³-hybridized carbons (Fsp3) is 0. The zero-order valence-corrected chi connectivity index (χ0v) is 76.9. The summed E-state index contributed by atoms with van der Waals surface area (Å²) in [6, 6.07) is 170. The standard InChI is InChI=1S/C44H29N3S.C44H26N2S.C40H24N2S/c1-3-14-33(15-4-1)47(34-16-5-2-6-17-34)35-18-11-13-32(29-35)44-43(45-38-21-8-9-22-39(38)46-44)31-27-25-30(26-28-31)36-20-12-24-41-42(36)37-19-7-10-23-40(37)48-41;1-2-12-33-31(10-1)32-11-3-4-13-34(32)37-26-29(24-25-35(33)37)44-43(45-38-16-6-7-17-39(38)46-44)28-22-20-27(21-23-28)30-15-9-19-41-42(30)36-14-5-8-18-40(36)47-41;1-2-9-30-25(8-1)18-21-28-24-29(22-23-31(28)30)40-39(41-34-12-4-5-13-35(34)42-40)27-19-16-26(17-20-27)32-11-7-15-37-38(32)33-10-3-6-14-36(33)43-37/h1-29H;1-26H;1-24H. The Hall–Kier alpha value is -17.4. The highest BCUT2D eigenvalue weighted by molar-refractivity contribution is 7.26. The van der Waals surface area contributed by atoms with Gasteiger partial charge >= 0.3 is 0 Å². The van der Waals surface area contributed by atoms with E-state index >= 15 is 0 Å². The highest BCUT2D eigenvalue weighted by Gasteiger charge is 2.24. The number of aromatic nitrogens is 6. The van der Waals surface area contributed by atoms with Gasteiger partial charge in [0.25, 0.3) is 0 Å². The van der Waals surface area contributed by atoms with Crippen molar-refractivity contribution >= 4 is 199 Å². The average Bonchev–Trinajstić information content (AvgIpc) is 1.01. The van der Waals surface area contributed by atoms with E-state index in [0.717, 1.165) is 118 Å². The van der Waals surface area contributed by atoms with Crippen LogP contribution in [-0.4, -0.2) is 29.9 Å². The van der Waals surface area contributed by atoms with Crippen LogP contribution in [-0.2, 0) is 0 Å². The fourth-order valence-corrected chi connectivity index (χ4v) is 23.7. The number of anilines is 3. The molecule has 10 heteroatoms. The summed E-state index contributed by atoms with van der Waals surface area (Å²) < 4.78 is 7.88. The Balaban J connectivity index is 0.000000107. The van der Waals surface area contributed by atoms with Crippen LogP contribution in [0.5, 0.6) is 0 Å². The molecule has 0 spiro atoms. The molecular formula is C128H79N7S3. The van der Waals surface area contributed by atoms with E-state index in [1.165, 1.54) is 148 Å². The molecule has 0 N–H and O–H groups in total. The molecule has 0 aliphatic carbocycles. The first kappa shape index (κ1) is 81.4. The molecule has 28 aromatic rings. The second kappa shape index (κ2) is 34.6. The second-order valence-corrected chi connectivity index (χ2v) is 38.2. The van der Waals surface area contributed by atoms with E-state index in [4.69, 9.17) is 29.9 Å². The topological polar surface area (TPSA) is 80.6 Å². The Labute approximate surface area is 807 Å². The molecule has 0 amide bonds. The van der Waals surface area contributed by atoms with Gasteiger partial charge in [0.15, 0.2) is 0 Å². The molecule has 0 unspecified atom stereocenters. The van der Waals surface area contributed by atoms with E-state index in [1.807, 2.05) is 113 Å². The second-order valence-electron chi connectivity index (χ2n) is 34.9. The predicted octanol–water partition coefficient (Wildman–Crippen LogP) is 36.2. The molecule has 0 saturated carbocycles. The summed E-state index contributed by atoms with van der Waals surface area (Å²) in [5, 5.41) is 20.4. The number of benzene rings is 22. The molecular weight excluding hydrogens is 1730 g/mol. The summed E-state index contributed by atoms with van der Waals surface area (Å²) in [4.78, 5) is 33.6. The maximum absolute atomic E-state index is 5.26. The molecule has 0 atom stereocenters. The van der Waals surface area contributed by atoms with E-state index in [9.17, 15) is 0 Å². The number of thiophene rings is 3. The van der Waals surface area contributed by atoms with Crippen LogP contribution in [0.25, 0.3) is 248 Å². The molecule has 0 saturated heterocycles. The maximum atomic E-state index is 5.26. The first-order chi connectivity index (χ1) is 68.4. The summed E-state index contributed by atoms with van der Waals surface area (Å²) in [7, 11) is 0. The van der Waals surface area contributed by atoms with Gasteiger partial charge in [0.1, 0.15) is 0 Å². The van der Waals surface area contributed by atoms with Gasteiger partial charge in [0, 0.05) is 111 Å². The lowest BCUT2D eigenvalue weighted by Gasteiger charge is -2.26. The summed E-state index contributed by atoms with van der Waals surface area (Å²) in [6.45, 7) is 0. The van der Waals surface area contributed by atoms with Crippen molar-refractivity contribution in [3.8, 4) is 101 Å². The summed E-state index contributed by atoms with van der Waals surface area (Å²) in [5.41, 5.74) is 27.5. The van der Waals surface area contributed by atoms with Crippen LogP contribution in [0.4, 0.5) is 17.1 Å². The molecule has 644 valence electrons. The quantitative estimate of drug-likeness (QED) is 0.113. The molecule has 6 aromatic heterocycles. The Morgan fingerprint density at radius 1 is 0.145 bits per heavy atom. The van der Waals surface area contributed by atoms with Crippen molar-refractivity contribution in [1.82, 2.24) is 29.9 Å². The van der Waals surface area contributed by atoms with Crippen molar-refractivity contribution in [2.24, 2.45) is 0 Å². The molecule has 6 heterocycles. The third-order valence-corrected chi connectivity index (χ3v) is 30.2. The summed E-state index contributed by atoms with van der Waals surface area (Å²) in [6.07, 6.45) is 0. The van der Waals surface area contributed by atoms with Crippen LogP contribution in [0.1, 0.15) is 0 Å². The van der Waals surface area contributed by atoms with Gasteiger partial charge in [-0.05, 0) is 209 Å². The Bertz CT molecular complexity index is 9600. The molecule has 0 aliphatic rings. The molecule has 0 radical (unpaired) electrons. The number of hydrogen-bond acceptors (Lipinski definition) is 10. The molecule has 28 rings (SSSR count). The Kier molecular flexibility index (Phi) is 20.4. The monoisotopic (exact) mass is 1810 g/mol. The lowest BCUT2D eigenvalue weighted by atomic mass is 9.92.